The molecule has 0 atom stereocenters. The van der Waals surface area contributed by atoms with Crippen LogP contribution in [0.4, 0.5) is 0 Å². The fourth-order valence-corrected chi connectivity index (χ4v) is 6.38. The Hall–Kier alpha value is -3.56. The van der Waals surface area contributed by atoms with Crippen molar-refractivity contribution in [2.24, 2.45) is 0 Å². The van der Waals surface area contributed by atoms with E-state index in [9.17, 15) is 10.5 Å². The van der Waals surface area contributed by atoms with Crippen LogP contribution in [0.25, 0.3) is 38.1 Å². The molecule has 3 aromatic carbocycles. The van der Waals surface area contributed by atoms with Gasteiger partial charge in [0.05, 0.1) is 39.8 Å². The summed E-state index contributed by atoms with van der Waals surface area (Å²) < 4.78 is 2.42. The lowest BCUT2D eigenvalue weighted by molar-refractivity contribution is 0.399. The van der Waals surface area contributed by atoms with Crippen LogP contribution in [0.1, 0.15) is 59.8 Å². The van der Waals surface area contributed by atoms with E-state index in [0.717, 1.165) is 36.8 Å². The molecule has 3 nitrogen and oxygen atoms in total. The molecule has 2 aromatic heterocycles. The van der Waals surface area contributed by atoms with Crippen LogP contribution in [0, 0.1) is 22.7 Å². The average molecular weight is 371 g/mol. The fraction of sp³-hybridized carbons (Fsp3) is 0.231. The summed E-state index contributed by atoms with van der Waals surface area (Å²) in [7, 11) is 0. The van der Waals surface area contributed by atoms with Gasteiger partial charge in [0.25, 0.3) is 0 Å². The quantitative estimate of drug-likeness (QED) is 0.319. The number of aromatic nitrogens is 1. The zero-order valence-corrected chi connectivity index (χ0v) is 15.9. The van der Waals surface area contributed by atoms with Gasteiger partial charge in [-0.1, -0.05) is 30.3 Å². The van der Waals surface area contributed by atoms with E-state index < -0.39 is 0 Å². The lowest BCUT2D eigenvalue weighted by Crippen LogP contribution is -2.13. The van der Waals surface area contributed by atoms with E-state index in [1.165, 1.54) is 49.2 Å². The summed E-state index contributed by atoms with van der Waals surface area (Å²) in [5.41, 5.74) is 7.74. The number of rotatable bonds is 0. The third-order valence-electron chi connectivity index (χ3n) is 7.51. The Morgan fingerprint density at radius 1 is 0.621 bits per heavy atom. The molecule has 0 spiro atoms. The maximum Gasteiger partial charge on any atom is 0.0995 e. The molecule has 1 aliphatic carbocycles. The third kappa shape index (κ3) is 1.65. The average Bonchev–Trinajstić information content (AvgIpc) is 3.31. The number of benzene rings is 3. The smallest absolute Gasteiger partial charge is 0.0995 e. The molecule has 3 aliphatic rings. The highest BCUT2D eigenvalue weighted by Crippen LogP contribution is 2.51. The summed E-state index contributed by atoms with van der Waals surface area (Å²) in [5, 5.41) is 24.9. The first-order valence-corrected chi connectivity index (χ1v) is 10.4. The topological polar surface area (TPSA) is 52.0 Å². The number of nitriles is 2. The molecule has 2 aliphatic heterocycles. The van der Waals surface area contributed by atoms with Gasteiger partial charge in [-0.05, 0) is 60.8 Å². The van der Waals surface area contributed by atoms with Gasteiger partial charge in [-0.2, -0.15) is 10.5 Å². The number of nitrogens with zero attached hydrogens (tertiary/aromatic N) is 3. The summed E-state index contributed by atoms with van der Waals surface area (Å²) in [6, 6.07) is 19.8. The first-order valence-electron chi connectivity index (χ1n) is 10.4. The van der Waals surface area contributed by atoms with Crippen LogP contribution in [0.5, 0.6) is 0 Å². The minimum absolute atomic E-state index is 0.414. The number of fused-ring (bicyclic) bond motifs is 4. The van der Waals surface area contributed by atoms with Gasteiger partial charge in [0, 0.05) is 21.5 Å². The maximum absolute atomic E-state index is 9.94. The molecule has 0 amide bonds. The van der Waals surface area contributed by atoms with Crippen molar-refractivity contribution in [1.82, 2.24) is 4.40 Å². The number of para-hydroxylation sites is 1. The van der Waals surface area contributed by atoms with Gasteiger partial charge in [0.15, 0.2) is 0 Å². The Morgan fingerprint density at radius 3 is 1.52 bits per heavy atom. The van der Waals surface area contributed by atoms with Crippen molar-refractivity contribution in [2.75, 3.05) is 0 Å². The molecule has 136 valence electrons. The summed E-state index contributed by atoms with van der Waals surface area (Å²) >= 11 is 0. The lowest BCUT2D eigenvalue weighted by atomic mass is 9.74. The van der Waals surface area contributed by atoms with E-state index >= 15 is 0 Å². The standard InChI is InChI=1S/C26H17N3/c27-12-16-8-10-20-18-2-1-3-19-21-11-9-17(13-28)23-15-6-4-14(5-7-15)22(16)25(20)29(24(18)19)26(21)23/h1-3,8-11,14-15H,4-7H2. The fourth-order valence-electron chi connectivity index (χ4n) is 6.38. The highest BCUT2D eigenvalue weighted by molar-refractivity contribution is 6.24. The molecular formula is C26H17N3. The van der Waals surface area contributed by atoms with Crippen LogP contribution in [0.3, 0.4) is 0 Å². The molecule has 3 heteroatoms. The van der Waals surface area contributed by atoms with E-state index in [1.807, 2.05) is 12.1 Å². The largest absolute Gasteiger partial charge is 0.307 e. The summed E-state index contributed by atoms with van der Waals surface area (Å²) in [6.45, 7) is 0. The van der Waals surface area contributed by atoms with Crippen molar-refractivity contribution < 1.29 is 0 Å². The van der Waals surface area contributed by atoms with Crippen LogP contribution >= 0.6 is 0 Å². The molecule has 0 saturated heterocycles. The molecule has 5 aromatic rings. The molecule has 0 N–H and O–H groups in total. The second-order valence-electron chi connectivity index (χ2n) is 8.66. The van der Waals surface area contributed by atoms with E-state index in [-0.39, 0.29) is 0 Å². The Morgan fingerprint density at radius 2 is 1.07 bits per heavy atom. The minimum Gasteiger partial charge on any atom is -0.307 e. The summed E-state index contributed by atoms with van der Waals surface area (Å²) in [4.78, 5) is 0. The van der Waals surface area contributed by atoms with Gasteiger partial charge in [0.2, 0.25) is 0 Å². The van der Waals surface area contributed by atoms with Gasteiger partial charge in [-0.25, -0.2) is 0 Å². The molecule has 1 fully saturated rings. The van der Waals surface area contributed by atoms with Crippen LogP contribution in [-0.2, 0) is 0 Å². The minimum atomic E-state index is 0.414. The molecule has 0 radical (unpaired) electrons. The Labute approximate surface area is 167 Å². The SMILES string of the molecule is N#Cc1ccc2c3cccc4c5ccc(C#N)c6c5n(c2c1C1CCC6CC1)c34. The zero-order chi connectivity index (χ0) is 19.3. The lowest BCUT2D eigenvalue weighted by Gasteiger charge is -2.29. The predicted molar refractivity (Wildman–Crippen MR) is 114 cm³/mol. The van der Waals surface area contributed by atoms with Crippen molar-refractivity contribution in [3.63, 3.8) is 0 Å². The molecule has 2 bridgehead atoms. The van der Waals surface area contributed by atoms with Crippen LogP contribution < -0.4 is 0 Å². The number of hydrogen-bond acceptors (Lipinski definition) is 2. The Kier molecular flexibility index (Phi) is 2.69. The maximum atomic E-state index is 9.94. The van der Waals surface area contributed by atoms with Gasteiger partial charge < -0.3 is 4.40 Å². The highest BCUT2D eigenvalue weighted by Gasteiger charge is 2.34. The highest BCUT2D eigenvalue weighted by atomic mass is 14.9. The van der Waals surface area contributed by atoms with Crippen molar-refractivity contribution in [3.8, 4) is 12.1 Å². The first-order chi connectivity index (χ1) is 14.3. The van der Waals surface area contributed by atoms with E-state index in [0.29, 0.717) is 11.8 Å². The van der Waals surface area contributed by atoms with E-state index in [2.05, 4.69) is 46.9 Å². The van der Waals surface area contributed by atoms with Crippen LogP contribution in [0.15, 0.2) is 42.5 Å². The number of hydrogen-bond donors (Lipinski definition) is 0. The van der Waals surface area contributed by atoms with E-state index in [1.54, 1.807) is 0 Å². The van der Waals surface area contributed by atoms with Gasteiger partial charge in [-0.3, -0.25) is 0 Å². The summed E-state index contributed by atoms with van der Waals surface area (Å²) in [6.07, 6.45) is 4.34. The van der Waals surface area contributed by atoms with Crippen molar-refractivity contribution in [1.29, 1.82) is 10.5 Å². The van der Waals surface area contributed by atoms with Crippen LogP contribution in [0.2, 0.25) is 0 Å². The molecule has 8 rings (SSSR count). The Bertz CT molecular complexity index is 1470. The molecule has 1 saturated carbocycles. The first kappa shape index (κ1) is 15.4. The van der Waals surface area contributed by atoms with Gasteiger partial charge in [-0.15, -0.1) is 0 Å². The molecular weight excluding hydrogens is 354 g/mol. The van der Waals surface area contributed by atoms with Crippen molar-refractivity contribution >= 4 is 38.1 Å². The molecule has 0 unspecified atom stereocenters. The van der Waals surface area contributed by atoms with Gasteiger partial charge >= 0.3 is 0 Å². The summed E-state index contributed by atoms with van der Waals surface area (Å²) in [5.74, 6) is 0.829. The van der Waals surface area contributed by atoms with Crippen molar-refractivity contribution in [2.45, 2.75) is 37.5 Å². The third-order valence-corrected chi connectivity index (χ3v) is 7.51. The zero-order valence-electron chi connectivity index (χ0n) is 15.9. The molecule has 4 heterocycles. The van der Waals surface area contributed by atoms with E-state index in [4.69, 9.17) is 0 Å². The molecule has 29 heavy (non-hydrogen) atoms. The van der Waals surface area contributed by atoms with Gasteiger partial charge in [0.1, 0.15) is 0 Å². The Balaban J connectivity index is 1.91. The monoisotopic (exact) mass is 371 g/mol. The van der Waals surface area contributed by atoms with Crippen LogP contribution in [-0.4, -0.2) is 4.40 Å². The normalized spacial score (nSPS) is 20.5. The van der Waals surface area contributed by atoms with Crippen molar-refractivity contribution in [3.05, 3.63) is 64.7 Å². The second-order valence-corrected chi connectivity index (χ2v) is 8.66. The predicted octanol–water partition coefficient (Wildman–Crippen LogP) is 6.33. The second kappa shape index (κ2) is 5.07.